The molecule has 0 N–H and O–H groups in total. The lowest BCUT2D eigenvalue weighted by Crippen LogP contribution is -2.49. The van der Waals surface area contributed by atoms with Crippen molar-refractivity contribution in [1.82, 2.24) is 19.6 Å². The summed E-state index contributed by atoms with van der Waals surface area (Å²) < 4.78 is 1.70. The van der Waals surface area contributed by atoms with Crippen molar-refractivity contribution in [1.29, 1.82) is 0 Å². The van der Waals surface area contributed by atoms with Crippen molar-refractivity contribution in [2.45, 2.75) is 13.8 Å². The first-order chi connectivity index (χ1) is 18.0. The average molecular weight is 511 g/mol. The van der Waals surface area contributed by atoms with E-state index in [0.29, 0.717) is 29.5 Å². The molecule has 1 saturated heterocycles. The Bertz CT molecular complexity index is 1420. The molecule has 188 valence electrons. The van der Waals surface area contributed by atoms with E-state index in [0.717, 1.165) is 30.9 Å². The molecule has 3 aromatic carbocycles. The van der Waals surface area contributed by atoms with E-state index in [9.17, 15) is 4.79 Å². The van der Waals surface area contributed by atoms with Crippen molar-refractivity contribution < 1.29 is 4.79 Å². The number of amides is 1. The van der Waals surface area contributed by atoms with Crippen molar-refractivity contribution >= 4 is 23.6 Å². The summed E-state index contributed by atoms with van der Waals surface area (Å²) in [6, 6.07) is 26.0. The van der Waals surface area contributed by atoms with Crippen molar-refractivity contribution in [2.75, 3.05) is 32.7 Å². The summed E-state index contributed by atoms with van der Waals surface area (Å²) in [5.41, 5.74) is 6.58. The first kappa shape index (κ1) is 25.0. The van der Waals surface area contributed by atoms with Crippen molar-refractivity contribution in [2.24, 2.45) is 0 Å². The van der Waals surface area contributed by atoms with Crippen LogP contribution < -0.4 is 0 Å². The van der Waals surface area contributed by atoms with Gasteiger partial charge in [0.1, 0.15) is 5.69 Å². The summed E-state index contributed by atoms with van der Waals surface area (Å²) in [4.78, 5) is 18.1. The first-order valence-corrected chi connectivity index (χ1v) is 13.0. The van der Waals surface area contributed by atoms with Crippen LogP contribution >= 0.6 is 11.6 Å². The highest BCUT2D eigenvalue weighted by molar-refractivity contribution is 6.32. The van der Waals surface area contributed by atoms with Gasteiger partial charge in [-0.15, -0.1) is 0 Å². The zero-order chi connectivity index (χ0) is 25.8. The number of aryl methyl sites for hydroxylation is 2. The van der Waals surface area contributed by atoms with E-state index >= 15 is 0 Å². The predicted molar refractivity (Wildman–Crippen MR) is 151 cm³/mol. The van der Waals surface area contributed by atoms with Crippen LogP contribution in [-0.2, 0) is 0 Å². The number of hydrogen-bond donors (Lipinski definition) is 0. The third-order valence-electron chi connectivity index (χ3n) is 6.94. The average Bonchev–Trinajstić information content (AvgIpc) is 3.36. The molecule has 2 heterocycles. The Balaban J connectivity index is 1.35. The number of carbonyl (C=O) groups excluding carboxylic acids is 1. The second-order valence-electron chi connectivity index (χ2n) is 9.48. The van der Waals surface area contributed by atoms with Crippen LogP contribution in [0.15, 0.2) is 84.9 Å². The number of para-hydroxylation sites is 1. The summed E-state index contributed by atoms with van der Waals surface area (Å²) in [5, 5.41) is 5.40. The summed E-state index contributed by atoms with van der Waals surface area (Å²) in [5.74, 6) is -0.0259. The number of piperazine rings is 1. The van der Waals surface area contributed by atoms with Gasteiger partial charge in [-0.3, -0.25) is 9.69 Å². The normalized spacial score (nSPS) is 14.4. The fraction of sp³-hybridized carbons (Fsp3) is 0.226. The van der Waals surface area contributed by atoms with Gasteiger partial charge in [-0.25, -0.2) is 4.68 Å². The number of carbonyl (C=O) groups is 1. The predicted octanol–water partition coefficient (Wildman–Crippen LogP) is 6.28. The molecule has 1 aliphatic rings. The molecular weight excluding hydrogens is 480 g/mol. The van der Waals surface area contributed by atoms with Crippen LogP contribution in [0.4, 0.5) is 0 Å². The van der Waals surface area contributed by atoms with E-state index in [4.69, 9.17) is 16.7 Å². The highest BCUT2D eigenvalue weighted by atomic mass is 35.5. The number of hydrogen-bond acceptors (Lipinski definition) is 3. The van der Waals surface area contributed by atoms with Crippen LogP contribution in [0.1, 0.15) is 27.2 Å². The molecule has 4 aromatic rings. The van der Waals surface area contributed by atoms with Crippen molar-refractivity contribution in [3.05, 3.63) is 112 Å². The third-order valence-corrected chi connectivity index (χ3v) is 7.26. The van der Waals surface area contributed by atoms with E-state index < -0.39 is 0 Å². The van der Waals surface area contributed by atoms with Crippen LogP contribution in [0, 0.1) is 13.8 Å². The standard InChI is InChI=1S/C31H31ClN4O/c1-23-14-15-26(21-24(23)2)28-22-30(36(33-28)29-13-7-6-12-27(29)32)31(37)35-19-17-34(18-20-35)16-8-11-25-9-4-3-5-10-25/h3-15,21-22H,16-20H2,1-2H3/b11-8+. The Labute approximate surface area is 223 Å². The quantitative estimate of drug-likeness (QED) is 0.306. The Morgan fingerprint density at radius 1 is 0.892 bits per heavy atom. The van der Waals surface area contributed by atoms with Gasteiger partial charge >= 0.3 is 0 Å². The van der Waals surface area contributed by atoms with Crippen LogP contribution in [0.25, 0.3) is 23.0 Å². The molecule has 5 nitrogen and oxygen atoms in total. The SMILES string of the molecule is Cc1ccc(-c2cc(C(=O)N3CCN(C/C=C/c4ccccc4)CC3)n(-c3ccccc3Cl)n2)cc1C. The minimum atomic E-state index is -0.0259. The molecule has 37 heavy (non-hydrogen) atoms. The van der Waals surface area contributed by atoms with E-state index in [-0.39, 0.29) is 5.91 Å². The van der Waals surface area contributed by atoms with Gasteiger partial charge in [-0.1, -0.05) is 78.4 Å². The molecule has 0 aliphatic carbocycles. The maximum absolute atomic E-state index is 13.8. The van der Waals surface area contributed by atoms with Gasteiger partial charge < -0.3 is 4.90 Å². The number of halogens is 1. The number of aromatic nitrogens is 2. The molecule has 6 heteroatoms. The number of benzene rings is 3. The Morgan fingerprint density at radius 3 is 2.35 bits per heavy atom. The Morgan fingerprint density at radius 2 is 1.62 bits per heavy atom. The van der Waals surface area contributed by atoms with Gasteiger partial charge in [0.2, 0.25) is 0 Å². The summed E-state index contributed by atoms with van der Waals surface area (Å²) in [6.07, 6.45) is 4.34. The topological polar surface area (TPSA) is 41.4 Å². The van der Waals surface area contributed by atoms with Crippen LogP contribution in [0.3, 0.4) is 0 Å². The fourth-order valence-corrected chi connectivity index (χ4v) is 4.80. The lowest BCUT2D eigenvalue weighted by atomic mass is 10.0. The largest absolute Gasteiger partial charge is 0.335 e. The van der Waals surface area contributed by atoms with Gasteiger partial charge in [0.05, 0.1) is 16.4 Å². The van der Waals surface area contributed by atoms with Crippen LogP contribution in [0.5, 0.6) is 0 Å². The van der Waals surface area contributed by atoms with Gasteiger partial charge in [-0.05, 0) is 54.8 Å². The molecule has 0 unspecified atom stereocenters. The highest BCUT2D eigenvalue weighted by Gasteiger charge is 2.26. The first-order valence-electron chi connectivity index (χ1n) is 12.7. The molecule has 0 atom stereocenters. The van der Waals surface area contributed by atoms with Crippen molar-refractivity contribution in [3.63, 3.8) is 0 Å². The molecule has 1 aliphatic heterocycles. The molecule has 0 radical (unpaired) electrons. The molecule has 1 amide bonds. The van der Waals surface area contributed by atoms with Crippen LogP contribution in [0.2, 0.25) is 5.02 Å². The third kappa shape index (κ3) is 5.68. The molecule has 1 fully saturated rings. The van der Waals surface area contributed by atoms with Gasteiger partial charge in [-0.2, -0.15) is 5.10 Å². The maximum Gasteiger partial charge on any atom is 0.272 e. The molecule has 0 bridgehead atoms. The minimum Gasteiger partial charge on any atom is -0.335 e. The Hall–Kier alpha value is -3.67. The highest BCUT2D eigenvalue weighted by Crippen LogP contribution is 2.27. The number of nitrogens with zero attached hydrogens (tertiary/aromatic N) is 4. The molecule has 0 saturated carbocycles. The smallest absolute Gasteiger partial charge is 0.272 e. The number of rotatable bonds is 6. The van der Waals surface area contributed by atoms with E-state index in [2.05, 4.69) is 61.2 Å². The summed E-state index contributed by atoms with van der Waals surface area (Å²) in [7, 11) is 0. The zero-order valence-electron chi connectivity index (χ0n) is 21.3. The van der Waals surface area contributed by atoms with E-state index in [1.165, 1.54) is 16.7 Å². The summed E-state index contributed by atoms with van der Waals surface area (Å²) >= 11 is 6.54. The minimum absolute atomic E-state index is 0.0259. The second kappa shape index (κ2) is 11.2. The van der Waals surface area contributed by atoms with E-state index in [1.807, 2.05) is 53.4 Å². The molecular formula is C31H31ClN4O. The zero-order valence-corrected chi connectivity index (χ0v) is 22.0. The van der Waals surface area contributed by atoms with Gasteiger partial charge in [0, 0.05) is 38.3 Å². The fourth-order valence-electron chi connectivity index (χ4n) is 4.58. The second-order valence-corrected chi connectivity index (χ2v) is 9.89. The molecule has 5 rings (SSSR count). The molecule has 0 spiro atoms. The van der Waals surface area contributed by atoms with Crippen molar-refractivity contribution in [3.8, 4) is 16.9 Å². The monoisotopic (exact) mass is 510 g/mol. The lowest BCUT2D eigenvalue weighted by Gasteiger charge is -2.34. The maximum atomic E-state index is 13.8. The van der Waals surface area contributed by atoms with E-state index in [1.54, 1.807) is 4.68 Å². The van der Waals surface area contributed by atoms with Crippen LogP contribution in [-0.4, -0.2) is 58.2 Å². The summed E-state index contributed by atoms with van der Waals surface area (Å²) in [6.45, 7) is 8.04. The molecule has 1 aromatic heterocycles. The van der Waals surface area contributed by atoms with Gasteiger partial charge in [0.15, 0.2) is 0 Å². The lowest BCUT2D eigenvalue weighted by molar-refractivity contribution is 0.0641. The Kier molecular flexibility index (Phi) is 7.54. The van der Waals surface area contributed by atoms with Gasteiger partial charge in [0.25, 0.3) is 5.91 Å².